The molecule has 1 atom stereocenters. The van der Waals surface area contributed by atoms with Gasteiger partial charge >= 0.3 is 6.18 Å². The van der Waals surface area contributed by atoms with Crippen LogP contribution in [0.3, 0.4) is 0 Å². The average Bonchev–Trinajstić information content (AvgIpc) is 2.39. The lowest BCUT2D eigenvalue weighted by atomic mass is 10.0. The molecule has 2 nitrogen and oxygen atoms in total. The summed E-state index contributed by atoms with van der Waals surface area (Å²) < 4.78 is 54.3. The summed E-state index contributed by atoms with van der Waals surface area (Å²) in [5.74, 6) is -0.488. The van der Waals surface area contributed by atoms with E-state index < -0.39 is 18.6 Å². The van der Waals surface area contributed by atoms with Crippen LogP contribution in [-0.4, -0.2) is 32.0 Å². The summed E-state index contributed by atoms with van der Waals surface area (Å²) in [5, 5.41) is 3.14. The van der Waals surface area contributed by atoms with Gasteiger partial charge in [-0.25, -0.2) is 4.39 Å². The molecule has 0 radical (unpaired) electrons. The van der Waals surface area contributed by atoms with Crippen molar-refractivity contribution in [3.63, 3.8) is 0 Å². The van der Waals surface area contributed by atoms with Crippen molar-refractivity contribution in [2.75, 3.05) is 19.8 Å². The SMILES string of the molecule is CCNC(CCOCC(F)(F)F)Cc1cccc(Cl)c1F. The number of ether oxygens (including phenoxy) is 1. The van der Waals surface area contributed by atoms with Crippen molar-refractivity contribution >= 4 is 11.6 Å². The standard InChI is InChI=1S/C14H18ClF4NO/c1-2-20-11(6-7-21-9-14(17,18)19)8-10-4-3-5-12(15)13(10)16/h3-5,11,20H,2,6-9H2,1H3. The van der Waals surface area contributed by atoms with Crippen LogP contribution in [0.4, 0.5) is 17.6 Å². The second kappa shape index (κ2) is 8.56. The third-order valence-corrected chi connectivity index (χ3v) is 3.16. The normalized spacial score (nSPS) is 13.4. The molecular formula is C14H18ClF4NO. The largest absolute Gasteiger partial charge is 0.411 e. The maximum Gasteiger partial charge on any atom is 0.411 e. The molecule has 1 N–H and O–H groups in total. The van der Waals surface area contributed by atoms with Gasteiger partial charge in [0.25, 0.3) is 0 Å². The average molecular weight is 328 g/mol. The Hall–Kier alpha value is -0.850. The van der Waals surface area contributed by atoms with Crippen LogP contribution in [0.25, 0.3) is 0 Å². The van der Waals surface area contributed by atoms with Crippen LogP contribution in [0.2, 0.25) is 5.02 Å². The number of alkyl halides is 3. The zero-order valence-electron chi connectivity index (χ0n) is 11.6. The van der Waals surface area contributed by atoms with E-state index in [1.165, 1.54) is 6.07 Å². The fourth-order valence-electron chi connectivity index (χ4n) is 1.95. The summed E-state index contributed by atoms with van der Waals surface area (Å²) in [7, 11) is 0. The topological polar surface area (TPSA) is 21.3 Å². The number of halogens is 5. The molecule has 1 unspecified atom stereocenters. The summed E-state index contributed by atoms with van der Waals surface area (Å²) >= 11 is 5.71. The molecule has 0 aliphatic carbocycles. The van der Waals surface area contributed by atoms with Crippen LogP contribution < -0.4 is 5.32 Å². The third kappa shape index (κ3) is 7.11. The summed E-state index contributed by atoms with van der Waals surface area (Å²) in [5.41, 5.74) is 0.435. The predicted octanol–water partition coefficient (Wildman–Crippen LogP) is 3.97. The van der Waals surface area contributed by atoms with E-state index in [1.54, 1.807) is 12.1 Å². The van der Waals surface area contributed by atoms with Gasteiger partial charge in [0, 0.05) is 12.6 Å². The number of hydrogen-bond donors (Lipinski definition) is 1. The minimum atomic E-state index is -4.33. The first kappa shape index (κ1) is 18.2. The Balaban J connectivity index is 2.51. The first-order valence-electron chi connectivity index (χ1n) is 6.64. The molecule has 0 fully saturated rings. The molecule has 0 saturated carbocycles. The minimum Gasteiger partial charge on any atom is -0.372 e. The van der Waals surface area contributed by atoms with E-state index in [-0.39, 0.29) is 17.7 Å². The number of hydrogen-bond acceptors (Lipinski definition) is 2. The van der Waals surface area contributed by atoms with Gasteiger partial charge in [-0.1, -0.05) is 30.7 Å². The molecule has 0 bridgehead atoms. The summed E-state index contributed by atoms with van der Waals surface area (Å²) in [6.45, 7) is 1.20. The van der Waals surface area contributed by atoms with Gasteiger partial charge < -0.3 is 10.1 Å². The minimum absolute atomic E-state index is 0.0380. The highest BCUT2D eigenvalue weighted by Gasteiger charge is 2.27. The van der Waals surface area contributed by atoms with Crippen molar-refractivity contribution in [3.05, 3.63) is 34.6 Å². The first-order valence-corrected chi connectivity index (χ1v) is 7.02. The van der Waals surface area contributed by atoms with Crippen molar-refractivity contribution in [1.82, 2.24) is 5.32 Å². The first-order chi connectivity index (χ1) is 9.83. The molecule has 7 heteroatoms. The van der Waals surface area contributed by atoms with E-state index in [2.05, 4.69) is 10.1 Å². The van der Waals surface area contributed by atoms with Gasteiger partial charge in [-0.2, -0.15) is 13.2 Å². The molecule has 1 rings (SSSR count). The summed E-state index contributed by atoms with van der Waals surface area (Å²) in [4.78, 5) is 0. The van der Waals surface area contributed by atoms with E-state index in [9.17, 15) is 17.6 Å². The van der Waals surface area contributed by atoms with Crippen LogP contribution in [0.1, 0.15) is 18.9 Å². The van der Waals surface area contributed by atoms with E-state index in [0.717, 1.165) is 0 Å². The van der Waals surface area contributed by atoms with Crippen LogP contribution in [0, 0.1) is 5.82 Å². The zero-order chi connectivity index (χ0) is 15.9. The van der Waals surface area contributed by atoms with Gasteiger partial charge in [0.2, 0.25) is 0 Å². The van der Waals surface area contributed by atoms with Crippen molar-refractivity contribution < 1.29 is 22.3 Å². The molecule has 120 valence electrons. The van der Waals surface area contributed by atoms with Crippen molar-refractivity contribution in [3.8, 4) is 0 Å². The van der Waals surface area contributed by atoms with Gasteiger partial charge in [-0.3, -0.25) is 0 Å². The smallest absolute Gasteiger partial charge is 0.372 e. The molecule has 0 aliphatic heterocycles. The maximum absolute atomic E-state index is 13.8. The van der Waals surface area contributed by atoms with Gasteiger partial charge in [0.15, 0.2) is 0 Å². The highest BCUT2D eigenvalue weighted by atomic mass is 35.5. The second-order valence-corrected chi connectivity index (χ2v) is 5.04. The van der Waals surface area contributed by atoms with Crippen LogP contribution in [-0.2, 0) is 11.2 Å². The Kier molecular flexibility index (Phi) is 7.42. The van der Waals surface area contributed by atoms with Gasteiger partial charge in [0.05, 0.1) is 5.02 Å². The number of rotatable bonds is 8. The monoisotopic (exact) mass is 327 g/mol. The summed E-state index contributed by atoms with van der Waals surface area (Å²) in [6.07, 6.45) is -3.63. The Morgan fingerprint density at radius 1 is 1.33 bits per heavy atom. The molecule has 0 spiro atoms. The highest BCUT2D eigenvalue weighted by molar-refractivity contribution is 6.30. The van der Waals surface area contributed by atoms with Crippen molar-refractivity contribution in [2.24, 2.45) is 0 Å². The van der Waals surface area contributed by atoms with Crippen LogP contribution in [0.5, 0.6) is 0 Å². The Morgan fingerprint density at radius 3 is 2.67 bits per heavy atom. The number of nitrogens with one attached hydrogen (secondary N) is 1. The molecule has 0 heterocycles. The quantitative estimate of drug-likeness (QED) is 0.576. The van der Waals surface area contributed by atoms with E-state index in [4.69, 9.17) is 11.6 Å². The molecule has 1 aromatic rings. The lowest BCUT2D eigenvalue weighted by Crippen LogP contribution is -2.33. The fraction of sp³-hybridized carbons (Fsp3) is 0.571. The molecular weight excluding hydrogens is 310 g/mol. The fourth-order valence-corrected chi connectivity index (χ4v) is 2.14. The van der Waals surface area contributed by atoms with Crippen molar-refractivity contribution in [1.29, 1.82) is 0 Å². The maximum atomic E-state index is 13.8. The van der Waals surface area contributed by atoms with Crippen LogP contribution >= 0.6 is 11.6 Å². The molecule has 0 amide bonds. The molecule has 21 heavy (non-hydrogen) atoms. The number of likely N-dealkylation sites (N-methyl/N-ethyl adjacent to an activating group) is 1. The van der Waals surface area contributed by atoms with Crippen LogP contribution in [0.15, 0.2) is 18.2 Å². The summed E-state index contributed by atoms with van der Waals surface area (Å²) in [6, 6.07) is 4.54. The van der Waals surface area contributed by atoms with E-state index in [0.29, 0.717) is 24.9 Å². The van der Waals surface area contributed by atoms with Gasteiger partial charge in [-0.15, -0.1) is 0 Å². The highest BCUT2D eigenvalue weighted by Crippen LogP contribution is 2.20. The third-order valence-electron chi connectivity index (χ3n) is 2.87. The van der Waals surface area contributed by atoms with Crippen molar-refractivity contribution in [2.45, 2.75) is 32.0 Å². The van der Waals surface area contributed by atoms with Gasteiger partial charge in [0.1, 0.15) is 12.4 Å². The predicted molar refractivity (Wildman–Crippen MR) is 74.1 cm³/mol. The zero-order valence-corrected chi connectivity index (χ0v) is 12.4. The second-order valence-electron chi connectivity index (χ2n) is 4.63. The lowest BCUT2D eigenvalue weighted by molar-refractivity contribution is -0.174. The molecule has 1 aromatic carbocycles. The number of benzene rings is 1. The van der Waals surface area contributed by atoms with E-state index in [1.807, 2.05) is 6.92 Å². The Labute approximate surface area is 126 Å². The molecule has 0 aromatic heterocycles. The lowest BCUT2D eigenvalue weighted by Gasteiger charge is -2.19. The van der Waals surface area contributed by atoms with Gasteiger partial charge in [-0.05, 0) is 31.0 Å². The molecule has 0 aliphatic rings. The molecule has 0 saturated heterocycles. The van der Waals surface area contributed by atoms with E-state index >= 15 is 0 Å². The Morgan fingerprint density at radius 2 is 2.05 bits per heavy atom. The Bertz CT molecular complexity index is 439.